The van der Waals surface area contributed by atoms with Crippen molar-refractivity contribution in [3.8, 4) is 5.75 Å². The molecule has 6 nitrogen and oxygen atoms in total. The van der Waals surface area contributed by atoms with Gasteiger partial charge >= 0.3 is 6.09 Å². The Morgan fingerprint density at radius 3 is 2.69 bits per heavy atom. The molecule has 1 amide bonds. The van der Waals surface area contributed by atoms with Crippen LogP contribution in [0.5, 0.6) is 5.75 Å². The zero-order chi connectivity index (χ0) is 22.6. The maximum Gasteiger partial charge on any atom is 0.410 e. The molecule has 0 spiro atoms. The Hall–Kier alpha value is -1.69. The van der Waals surface area contributed by atoms with Gasteiger partial charge in [0.05, 0.1) is 7.11 Å². The molecule has 1 aliphatic rings. The lowest BCUT2D eigenvalue weighted by Gasteiger charge is -2.34. The molecule has 178 valence electrons. The highest BCUT2D eigenvalue weighted by Gasteiger charge is 2.26. The second-order valence-corrected chi connectivity index (χ2v) is 8.10. The Bertz CT molecular complexity index is 847. The Labute approximate surface area is 207 Å². The monoisotopic (exact) mass is 584 g/mol. The fourth-order valence-corrected chi connectivity index (χ4v) is 3.67. The van der Waals surface area contributed by atoms with Gasteiger partial charge in [-0.2, -0.15) is 4.94 Å². The molecule has 1 unspecified atom stereocenters. The number of rotatable bonds is 6. The van der Waals surface area contributed by atoms with E-state index in [0.29, 0.717) is 17.9 Å². The molecule has 0 aromatic heterocycles. The summed E-state index contributed by atoms with van der Waals surface area (Å²) in [6.07, 6.45) is 0.459. The van der Waals surface area contributed by atoms with Gasteiger partial charge in [-0.25, -0.2) is 9.18 Å². The average Bonchev–Trinajstić information content (AvgIpc) is 2.79. The van der Waals surface area contributed by atoms with Gasteiger partial charge in [0, 0.05) is 34.8 Å². The summed E-state index contributed by atoms with van der Waals surface area (Å²) in [6.45, 7) is 4.09. The number of halogens is 4. The number of hydrogen-bond acceptors (Lipinski definition) is 5. The van der Waals surface area contributed by atoms with Crippen LogP contribution in [0.3, 0.4) is 0 Å². The topological polar surface area (TPSA) is 60.0 Å². The number of methoxy groups -OCH3 is 1. The van der Waals surface area contributed by atoms with Gasteiger partial charge in [0.25, 0.3) is 0 Å². The molecule has 1 atom stereocenters. The van der Waals surface area contributed by atoms with Gasteiger partial charge in [0.1, 0.15) is 24.8 Å². The largest absolute Gasteiger partial charge is 0.497 e. The molecule has 1 heterocycles. The fraction of sp³-hybridized carbons (Fsp3) is 0.409. The summed E-state index contributed by atoms with van der Waals surface area (Å²) >= 11 is 2.17. The van der Waals surface area contributed by atoms with E-state index in [4.69, 9.17) is 9.47 Å². The van der Waals surface area contributed by atoms with E-state index in [1.807, 2.05) is 31.2 Å². The first-order valence-corrected chi connectivity index (χ1v) is 11.0. The fourth-order valence-electron chi connectivity index (χ4n) is 3.07. The van der Waals surface area contributed by atoms with Gasteiger partial charge in [0.15, 0.2) is 0 Å². The summed E-state index contributed by atoms with van der Waals surface area (Å²) in [5, 5.41) is 3.24. The van der Waals surface area contributed by atoms with E-state index < -0.39 is 11.9 Å². The van der Waals surface area contributed by atoms with Crippen LogP contribution in [0.1, 0.15) is 24.5 Å². The summed E-state index contributed by atoms with van der Waals surface area (Å²) in [4.78, 5) is 17.3. The second-order valence-electron chi connectivity index (χ2n) is 6.85. The van der Waals surface area contributed by atoms with Gasteiger partial charge in [-0.15, -0.1) is 12.4 Å². The molecule has 1 N–H and O–H groups in total. The molecule has 0 bridgehead atoms. The molecule has 32 heavy (non-hydrogen) atoms. The van der Waals surface area contributed by atoms with E-state index >= 15 is 0 Å². The molecule has 3 rings (SSSR count). The first-order valence-electron chi connectivity index (χ1n) is 9.93. The SMILES string of the molecule is CCC1CNCCN1C(=O)OCc1cc(OC)ccc1F.Cl.FOCc1cccc(I)c1. The van der Waals surface area contributed by atoms with Gasteiger partial charge in [-0.05, 0) is 69.4 Å². The third-order valence-electron chi connectivity index (χ3n) is 4.77. The van der Waals surface area contributed by atoms with Crippen molar-refractivity contribution < 1.29 is 28.1 Å². The summed E-state index contributed by atoms with van der Waals surface area (Å²) in [7, 11) is 1.51. The Morgan fingerprint density at radius 2 is 2.03 bits per heavy atom. The minimum atomic E-state index is -0.407. The van der Waals surface area contributed by atoms with E-state index in [9.17, 15) is 13.7 Å². The molecule has 1 fully saturated rings. The highest BCUT2D eigenvalue weighted by molar-refractivity contribution is 14.1. The first-order chi connectivity index (χ1) is 15.0. The molecule has 1 saturated heterocycles. The number of carbonyl (C=O) groups excluding carboxylic acids is 1. The number of ether oxygens (including phenoxy) is 2. The molecule has 1 aliphatic heterocycles. The molecular weight excluding hydrogens is 557 g/mol. The molecule has 0 aliphatic carbocycles. The number of piperazine rings is 1. The highest BCUT2D eigenvalue weighted by Crippen LogP contribution is 2.18. The lowest BCUT2D eigenvalue weighted by molar-refractivity contribution is -0.144. The van der Waals surface area contributed by atoms with Crippen molar-refractivity contribution in [2.45, 2.75) is 32.6 Å². The number of nitrogens with zero attached hydrogens (tertiary/aromatic N) is 1. The number of benzene rings is 2. The maximum atomic E-state index is 13.7. The van der Waals surface area contributed by atoms with Crippen molar-refractivity contribution in [3.05, 3.63) is 63.0 Å². The van der Waals surface area contributed by atoms with Gasteiger partial charge in [-0.1, -0.05) is 19.1 Å². The minimum Gasteiger partial charge on any atom is -0.497 e. The van der Waals surface area contributed by atoms with Crippen molar-refractivity contribution >= 4 is 41.1 Å². The normalized spacial score (nSPS) is 15.2. The molecule has 10 heteroatoms. The average molecular weight is 585 g/mol. The highest BCUT2D eigenvalue weighted by atomic mass is 127. The zero-order valence-corrected chi connectivity index (χ0v) is 21.0. The summed E-state index contributed by atoms with van der Waals surface area (Å²) in [5.41, 5.74) is 1.17. The van der Waals surface area contributed by atoms with Crippen LogP contribution in [0.15, 0.2) is 42.5 Å². The summed E-state index contributed by atoms with van der Waals surface area (Å²) in [5.74, 6) is 0.131. The van der Waals surface area contributed by atoms with Crippen molar-refractivity contribution in [2.24, 2.45) is 0 Å². The third-order valence-corrected chi connectivity index (χ3v) is 5.44. The van der Waals surface area contributed by atoms with E-state index in [1.54, 1.807) is 4.90 Å². The van der Waals surface area contributed by atoms with E-state index in [1.165, 1.54) is 25.3 Å². The van der Waals surface area contributed by atoms with Crippen molar-refractivity contribution in [3.63, 3.8) is 0 Å². The quantitative estimate of drug-likeness (QED) is 0.469. The van der Waals surface area contributed by atoms with E-state index in [0.717, 1.165) is 28.6 Å². The third kappa shape index (κ3) is 9.05. The predicted molar refractivity (Wildman–Crippen MR) is 129 cm³/mol. The van der Waals surface area contributed by atoms with Crippen molar-refractivity contribution in [2.75, 3.05) is 26.7 Å². The van der Waals surface area contributed by atoms with E-state index in [2.05, 4.69) is 32.8 Å². The number of carbonyl (C=O) groups is 1. The van der Waals surface area contributed by atoms with Crippen molar-refractivity contribution in [1.29, 1.82) is 0 Å². The lowest BCUT2D eigenvalue weighted by Crippen LogP contribution is -2.53. The summed E-state index contributed by atoms with van der Waals surface area (Å²) < 4.78 is 36.4. The Morgan fingerprint density at radius 1 is 1.25 bits per heavy atom. The Kier molecular flexibility index (Phi) is 13.5. The maximum absolute atomic E-state index is 13.7. The second kappa shape index (κ2) is 15.2. The molecule has 2 aromatic rings. The summed E-state index contributed by atoms with van der Waals surface area (Å²) in [6, 6.07) is 12.0. The number of nitrogens with one attached hydrogen (secondary N) is 1. The molecule has 0 radical (unpaired) electrons. The van der Waals surface area contributed by atoms with Crippen molar-refractivity contribution in [1.82, 2.24) is 10.2 Å². The molecule has 2 aromatic carbocycles. The van der Waals surface area contributed by atoms with Crippen LogP contribution in [0.4, 0.5) is 13.7 Å². The van der Waals surface area contributed by atoms with Crippen LogP contribution in [0.2, 0.25) is 0 Å². The molecule has 0 saturated carbocycles. The minimum absolute atomic E-state index is 0. The standard InChI is InChI=1S/C15H21FN2O3.C7H6FIO.ClH/c1-3-12-9-17-6-7-18(12)15(19)21-10-11-8-13(20-2)4-5-14(11)16;8-10-5-6-2-1-3-7(9)4-6;/h4-5,8,12,17H,3,6-7,9-10H2,1-2H3;1-4H,5H2;1H. The van der Waals surface area contributed by atoms with Crippen LogP contribution in [-0.4, -0.2) is 43.8 Å². The van der Waals surface area contributed by atoms with E-state index in [-0.39, 0.29) is 31.7 Å². The predicted octanol–water partition coefficient (Wildman–Crippen LogP) is 5.27. The van der Waals surface area contributed by atoms with Crippen LogP contribution in [0.25, 0.3) is 0 Å². The van der Waals surface area contributed by atoms with Crippen LogP contribution in [0, 0.1) is 9.39 Å². The first kappa shape index (κ1) is 28.3. The molecular formula is C22H28ClF2IN2O4. The smallest absolute Gasteiger partial charge is 0.410 e. The number of amides is 1. The van der Waals surface area contributed by atoms with Gasteiger partial charge < -0.3 is 19.7 Å². The number of hydrogen-bond donors (Lipinski definition) is 1. The van der Waals surface area contributed by atoms with Crippen LogP contribution >= 0.6 is 35.0 Å². The van der Waals surface area contributed by atoms with Gasteiger partial charge in [0.2, 0.25) is 0 Å². The lowest BCUT2D eigenvalue weighted by atomic mass is 10.1. The van der Waals surface area contributed by atoms with Crippen LogP contribution < -0.4 is 10.1 Å². The zero-order valence-electron chi connectivity index (χ0n) is 18.0. The Balaban J connectivity index is 0.000000393. The van der Waals surface area contributed by atoms with Gasteiger partial charge in [-0.3, -0.25) is 0 Å². The van der Waals surface area contributed by atoms with Crippen LogP contribution in [-0.2, 0) is 22.9 Å².